The number of ether oxygens (including phenoxy) is 1. The summed E-state index contributed by atoms with van der Waals surface area (Å²) < 4.78 is 4.91. The molecular formula is C7H14O2. The first-order chi connectivity index (χ1) is 4.20. The second kappa shape index (κ2) is 4.36. The molecule has 9 heavy (non-hydrogen) atoms. The third-order valence-corrected chi connectivity index (χ3v) is 1.24. The van der Waals surface area contributed by atoms with E-state index in [9.17, 15) is 4.79 Å². The monoisotopic (exact) mass is 130 g/mol. The normalized spacial score (nSPS) is 9.78. The van der Waals surface area contributed by atoms with Gasteiger partial charge in [-0.2, -0.15) is 0 Å². The van der Waals surface area contributed by atoms with Gasteiger partial charge in [-0.15, -0.1) is 0 Å². The summed E-state index contributed by atoms with van der Waals surface area (Å²) in [5.74, 6) is -0.177. The van der Waals surface area contributed by atoms with Crippen LogP contribution < -0.4 is 0 Å². The first-order valence-electron chi connectivity index (χ1n) is 3.37. The van der Waals surface area contributed by atoms with Gasteiger partial charge >= 0.3 is 5.97 Å². The molecule has 0 bridgehead atoms. The highest BCUT2D eigenvalue weighted by atomic mass is 16.5. The Morgan fingerprint density at radius 2 is 1.89 bits per heavy atom. The van der Waals surface area contributed by atoms with Gasteiger partial charge in [-0.3, -0.25) is 4.79 Å². The van der Waals surface area contributed by atoms with Crippen LogP contribution in [-0.2, 0) is 9.53 Å². The third-order valence-electron chi connectivity index (χ3n) is 1.24. The van der Waals surface area contributed by atoms with Crippen molar-refractivity contribution in [3.05, 3.63) is 0 Å². The standard InChI is InChI=1S/C7H14O2/c1-4-7(5-2)9-6(3)8/h7H,4-5H2,1-3H3. The van der Waals surface area contributed by atoms with E-state index >= 15 is 0 Å². The molecule has 0 rings (SSSR count). The fraction of sp³-hybridized carbons (Fsp3) is 0.857. The molecule has 0 atom stereocenters. The first-order valence-corrected chi connectivity index (χ1v) is 3.37. The molecule has 2 nitrogen and oxygen atoms in total. The molecule has 0 amide bonds. The molecule has 0 aromatic rings. The average Bonchev–Trinajstić information content (AvgIpc) is 1.82. The lowest BCUT2D eigenvalue weighted by atomic mass is 10.2. The zero-order valence-corrected chi connectivity index (χ0v) is 6.31. The van der Waals surface area contributed by atoms with Gasteiger partial charge in [0.1, 0.15) is 6.10 Å². The molecule has 0 fully saturated rings. The molecule has 0 spiro atoms. The second-order valence-corrected chi connectivity index (χ2v) is 2.05. The lowest BCUT2D eigenvalue weighted by Gasteiger charge is -2.11. The summed E-state index contributed by atoms with van der Waals surface area (Å²) >= 11 is 0. The Hall–Kier alpha value is -0.530. The van der Waals surface area contributed by atoms with E-state index in [-0.39, 0.29) is 12.1 Å². The molecule has 0 aromatic heterocycles. The van der Waals surface area contributed by atoms with Gasteiger partial charge in [0.25, 0.3) is 0 Å². The van der Waals surface area contributed by atoms with E-state index in [1.807, 2.05) is 13.8 Å². The molecule has 0 aromatic carbocycles. The molecule has 2 heteroatoms. The molecule has 0 aliphatic heterocycles. The van der Waals surface area contributed by atoms with Gasteiger partial charge in [0.2, 0.25) is 0 Å². The van der Waals surface area contributed by atoms with Crippen LogP contribution in [0, 0.1) is 0 Å². The van der Waals surface area contributed by atoms with Crippen LogP contribution >= 0.6 is 0 Å². The Morgan fingerprint density at radius 1 is 1.44 bits per heavy atom. The van der Waals surface area contributed by atoms with Crippen LogP contribution in [0.5, 0.6) is 0 Å². The highest BCUT2D eigenvalue weighted by Crippen LogP contribution is 2.01. The zero-order valence-electron chi connectivity index (χ0n) is 6.31. The van der Waals surface area contributed by atoms with Crippen molar-refractivity contribution in [3.8, 4) is 0 Å². The fourth-order valence-electron chi connectivity index (χ4n) is 0.690. The van der Waals surface area contributed by atoms with Crippen LogP contribution in [0.3, 0.4) is 0 Å². The van der Waals surface area contributed by atoms with Crippen LogP contribution in [0.25, 0.3) is 0 Å². The van der Waals surface area contributed by atoms with Crippen LogP contribution in [0.1, 0.15) is 33.6 Å². The topological polar surface area (TPSA) is 26.3 Å². The Kier molecular flexibility index (Phi) is 4.10. The van der Waals surface area contributed by atoms with Gasteiger partial charge in [-0.05, 0) is 12.8 Å². The van der Waals surface area contributed by atoms with Crippen LogP contribution in [0.15, 0.2) is 0 Å². The van der Waals surface area contributed by atoms with Crippen LogP contribution in [-0.4, -0.2) is 12.1 Å². The van der Waals surface area contributed by atoms with Crippen molar-refractivity contribution >= 4 is 5.97 Å². The molecule has 0 N–H and O–H groups in total. The van der Waals surface area contributed by atoms with Crippen molar-refractivity contribution < 1.29 is 9.53 Å². The number of hydrogen-bond acceptors (Lipinski definition) is 2. The van der Waals surface area contributed by atoms with E-state index in [1.165, 1.54) is 6.92 Å². The Morgan fingerprint density at radius 3 is 2.00 bits per heavy atom. The van der Waals surface area contributed by atoms with Gasteiger partial charge in [0.15, 0.2) is 0 Å². The number of carbonyl (C=O) groups excluding carboxylic acids is 1. The molecule has 0 aliphatic rings. The highest BCUT2D eigenvalue weighted by molar-refractivity contribution is 5.66. The molecule has 54 valence electrons. The van der Waals surface area contributed by atoms with Gasteiger partial charge in [0, 0.05) is 6.92 Å². The summed E-state index contributed by atoms with van der Waals surface area (Å²) in [6.45, 7) is 5.46. The number of rotatable bonds is 3. The van der Waals surface area contributed by atoms with Crippen molar-refractivity contribution in [3.63, 3.8) is 0 Å². The molecule has 0 saturated carbocycles. The Balaban J connectivity index is 3.43. The number of carbonyl (C=O) groups is 1. The lowest BCUT2D eigenvalue weighted by molar-refractivity contribution is -0.146. The quantitative estimate of drug-likeness (QED) is 0.544. The molecule has 0 radical (unpaired) electrons. The van der Waals surface area contributed by atoms with E-state index in [2.05, 4.69) is 0 Å². The third kappa shape index (κ3) is 4.01. The predicted octanol–water partition coefficient (Wildman–Crippen LogP) is 1.74. The van der Waals surface area contributed by atoms with Crippen molar-refractivity contribution in [2.75, 3.05) is 0 Å². The zero-order chi connectivity index (χ0) is 7.28. The largest absolute Gasteiger partial charge is 0.463 e. The van der Waals surface area contributed by atoms with Crippen LogP contribution in [0.4, 0.5) is 0 Å². The Labute approximate surface area is 56.2 Å². The van der Waals surface area contributed by atoms with Gasteiger partial charge < -0.3 is 4.74 Å². The fourth-order valence-corrected chi connectivity index (χ4v) is 0.690. The van der Waals surface area contributed by atoms with Crippen molar-refractivity contribution in [1.82, 2.24) is 0 Å². The maximum absolute atomic E-state index is 10.3. The first kappa shape index (κ1) is 8.47. The average molecular weight is 130 g/mol. The minimum atomic E-state index is -0.177. The summed E-state index contributed by atoms with van der Waals surface area (Å²) in [6.07, 6.45) is 1.95. The minimum Gasteiger partial charge on any atom is -0.463 e. The van der Waals surface area contributed by atoms with Crippen LogP contribution in [0.2, 0.25) is 0 Å². The molecule has 0 unspecified atom stereocenters. The summed E-state index contributed by atoms with van der Waals surface area (Å²) in [5.41, 5.74) is 0. The number of esters is 1. The maximum atomic E-state index is 10.3. The minimum absolute atomic E-state index is 0.127. The predicted molar refractivity (Wildman–Crippen MR) is 36.1 cm³/mol. The summed E-state index contributed by atoms with van der Waals surface area (Å²) in [5, 5.41) is 0. The summed E-state index contributed by atoms with van der Waals surface area (Å²) in [6, 6.07) is 0. The van der Waals surface area contributed by atoms with Crippen molar-refractivity contribution in [2.45, 2.75) is 39.7 Å². The van der Waals surface area contributed by atoms with Gasteiger partial charge in [0.05, 0.1) is 0 Å². The maximum Gasteiger partial charge on any atom is 0.302 e. The van der Waals surface area contributed by atoms with E-state index < -0.39 is 0 Å². The molecule has 0 aliphatic carbocycles. The summed E-state index contributed by atoms with van der Waals surface area (Å²) in [7, 11) is 0. The van der Waals surface area contributed by atoms with E-state index in [0.29, 0.717) is 0 Å². The van der Waals surface area contributed by atoms with E-state index in [0.717, 1.165) is 12.8 Å². The summed E-state index contributed by atoms with van der Waals surface area (Å²) in [4.78, 5) is 10.3. The number of hydrogen-bond donors (Lipinski definition) is 0. The molecule has 0 heterocycles. The van der Waals surface area contributed by atoms with Crippen molar-refractivity contribution in [2.24, 2.45) is 0 Å². The van der Waals surface area contributed by atoms with E-state index in [4.69, 9.17) is 4.74 Å². The second-order valence-electron chi connectivity index (χ2n) is 2.05. The van der Waals surface area contributed by atoms with E-state index in [1.54, 1.807) is 0 Å². The molecule has 0 saturated heterocycles. The van der Waals surface area contributed by atoms with Gasteiger partial charge in [-0.1, -0.05) is 13.8 Å². The Bertz CT molecular complexity index is 84.9. The van der Waals surface area contributed by atoms with Gasteiger partial charge in [-0.25, -0.2) is 0 Å². The molecular weight excluding hydrogens is 116 g/mol. The smallest absolute Gasteiger partial charge is 0.302 e. The lowest BCUT2D eigenvalue weighted by Crippen LogP contribution is -2.13. The van der Waals surface area contributed by atoms with Crippen molar-refractivity contribution in [1.29, 1.82) is 0 Å². The highest BCUT2D eigenvalue weighted by Gasteiger charge is 2.04. The SMILES string of the molecule is CCC(CC)OC(C)=O.